The van der Waals surface area contributed by atoms with Gasteiger partial charge in [0, 0.05) is 5.56 Å². The maximum absolute atomic E-state index is 11.3. The van der Waals surface area contributed by atoms with E-state index < -0.39 is 0 Å². The van der Waals surface area contributed by atoms with Crippen LogP contribution in [0.25, 0.3) is 0 Å². The Hall–Kier alpha value is -1.51. The molecule has 18 heavy (non-hydrogen) atoms. The van der Waals surface area contributed by atoms with E-state index in [0.717, 1.165) is 24.2 Å². The smallest absolute Gasteiger partial charge is 0.338 e. The van der Waals surface area contributed by atoms with Crippen molar-refractivity contribution in [2.45, 2.75) is 45.8 Å². The van der Waals surface area contributed by atoms with E-state index in [4.69, 9.17) is 9.47 Å². The second kappa shape index (κ2) is 4.01. The average Bonchev–Trinajstić information content (AvgIpc) is 2.83. The molecule has 0 radical (unpaired) electrons. The Balaban J connectivity index is 1.73. The van der Waals surface area contributed by atoms with Crippen LogP contribution in [0, 0.1) is 5.41 Å². The molecular weight excluding hydrogens is 228 g/mol. The van der Waals surface area contributed by atoms with Crippen molar-refractivity contribution in [3.63, 3.8) is 0 Å². The lowest BCUT2D eigenvalue weighted by molar-refractivity contribution is 0.0535. The van der Waals surface area contributed by atoms with Crippen molar-refractivity contribution >= 4 is 5.97 Å². The molecule has 0 bridgehead atoms. The van der Waals surface area contributed by atoms with Gasteiger partial charge in [-0.2, -0.15) is 0 Å². The van der Waals surface area contributed by atoms with Gasteiger partial charge in [0.1, 0.15) is 12.4 Å². The van der Waals surface area contributed by atoms with Crippen LogP contribution in [-0.4, -0.2) is 12.1 Å². The normalized spacial score (nSPS) is 24.8. The van der Waals surface area contributed by atoms with Crippen LogP contribution >= 0.6 is 0 Å². The van der Waals surface area contributed by atoms with Crippen molar-refractivity contribution in [1.82, 2.24) is 0 Å². The van der Waals surface area contributed by atoms with Crippen molar-refractivity contribution in [1.29, 1.82) is 0 Å². The maximum atomic E-state index is 11.3. The molecule has 1 saturated carbocycles. The van der Waals surface area contributed by atoms with E-state index in [2.05, 4.69) is 13.8 Å². The lowest BCUT2D eigenvalue weighted by Crippen LogP contribution is -2.14. The van der Waals surface area contributed by atoms with Crippen LogP contribution in [0.4, 0.5) is 0 Å². The van der Waals surface area contributed by atoms with Gasteiger partial charge in [-0.05, 0) is 42.9 Å². The monoisotopic (exact) mass is 246 g/mol. The Labute approximate surface area is 107 Å². The molecule has 2 aliphatic rings. The van der Waals surface area contributed by atoms with E-state index in [0.29, 0.717) is 23.7 Å². The molecule has 1 unspecified atom stereocenters. The van der Waals surface area contributed by atoms with Crippen LogP contribution in [0.3, 0.4) is 0 Å². The van der Waals surface area contributed by atoms with E-state index in [1.807, 2.05) is 12.1 Å². The van der Waals surface area contributed by atoms with E-state index in [1.165, 1.54) is 6.42 Å². The van der Waals surface area contributed by atoms with E-state index >= 15 is 0 Å². The molecule has 1 aromatic rings. The minimum atomic E-state index is -0.224. The zero-order valence-electron chi connectivity index (χ0n) is 10.9. The molecule has 1 aromatic carbocycles. The van der Waals surface area contributed by atoms with Crippen molar-refractivity contribution in [3.8, 4) is 5.75 Å². The summed E-state index contributed by atoms with van der Waals surface area (Å²) in [5, 5.41) is 0. The van der Waals surface area contributed by atoms with Crippen LogP contribution in [-0.2, 0) is 11.3 Å². The third kappa shape index (κ3) is 2.09. The number of carbonyl (C=O) groups excluding carboxylic acids is 1. The number of hydrogen-bond acceptors (Lipinski definition) is 3. The number of hydrogen-bond donors (Lipinski definition) is 0. The standard InChI is InChI=1S/C15H18O3/c1-15(2)6-5-12(8-15)18-11-3-4-13-10(7-11)9-17-14(13)16/h3-4,7,12H,5-6,8-9H2,1-2H3. The van der Waals surface area contributed by atoms with Gasteiger partial charge in [0.05, 0.1) is 11.7 Å². The van der Waals surface area contributed by atoms with Gasteiger partial charge >= 0.3 is 5.97 Å². The maximum Gasteiger partial charge on any atom is 0.338 e. The topological polar surface area (TPSA) is 35.5 Å². The summed E-state index contributed by atoms with van der Waals surface area (Å²) >= 11 is 0. The first-order valence-corrected chi connectivity index (χ1v) is 6.50. The fraction of sp³-hybridized carbons (Fsp3) is 0.533. The Morgan fingerprint density at radius 2 is 2.22 bits per heavy atom. The first kappa shape index (κ1) is 11.6. The third-order valence-corrected chi connectivity index (χ3v) is 3.88. The number of ether oxygens (including phenoxy) is 2. The number of esters is 1. The predicted octanol–water partition coefficient (Wildman–Crippen LogP) is 3.31. The molecule has 0 saturated heterocycles. The number of carbonyl (C=O) groups is 1. The average molecular weight is 246 g/mol. The summed E-state index contributed by atoms with van der Waals surface area (Å²) in [5.41, 5.74) is 2.00. The first-order valence-electron chi connectivity index (χ1n) is 6.50. The summed E-state index contributed by atoms with van der Waals surface area (Å²) in [6, 6.07) is 5.61. The van der Waals surface area contributed by atoms with Gasteiger partial charge in [0.15, 0.2) is 0 Å². The molecule has 1 fully saturated rings. The first-order chi connectivity index (χ1) is 8.53. The Morgan fingerprint density at radius 1 is 1.39 bits per heavy atom. The minimum absolute atomic E-state index is 0.224. The van der Waals surface area contributed by atoms with Crippen LogP contribution in [0.1, 0.15) is 49.0 Å². The van der Waals surface area contributed by atoms with E-state index in [-0.39, 0.29) is 5.97 Å². The van der Waals surface area contributed by atoms with Crippen molar-refractivity contribution in [2.75, 3.05) is 0 Å². The third-order valence-electron chi connectivity index (χ3n) is 3.88. The number of rotatable bonds is 2. The summed E-state index contributed by atoms with van der Waals surface area (Å²) in [7, 11) is 0. The molecule has 3 nitrogen and oxygen atoms in total. The van der Waals surface area contributed by atoms with E-state index in [1.54, 1.807) is 6.07 Å². The van der Waals surface area contributed by atoms with Crippen molar-refractivity contribution < 1.29 is 14.3 Å². The predicted molar refractivity (Wildman–Crippen MR) is 67.6 cm³/mol. The molecule has 96 valence electrons. The Morgan fingerprint density at radius 3 is 2.94 bits per heavy atom. The summed E-state index contributed by atoms with van der Waals surface area (Å²) < 4.78 is 11.0. The van der Waals surface area contributed by atoms with Gasteiger partial charge in [0.2, 0.25) is 0 Å². The Bertz CT molecular complexity index is 491. The highest BCUT2D eigenvalue weighted by atomic mass is 16.5. The van der Waals surface area contributed by atoms with Gasteiger partial charge in [-0.25, -0.2) is 4.79 Å². The highest BCUT2D eigenvalue weighted by molar-refractivity contribution is 5.93. The van der Waals surface area contributed by atoms with Gasteiger partial charge in [0.25, 0.3) is 0 Å². The largest absolute Gasteiger partial charge is 0.490 e. The summed E-state index contributed by atoms with van der Waals surface area (Å²) in [6.07, 6.45) is 3.72. The van der Waals surface area contributed by atoms with E-state index in [9.17, 15) is 4.79 Å². The zero-order valence-corrected chi connectivity index (χ0v) is 10.9. The van der Waals surface area contributed by atoms with Gasteiger partial charge in [-0.3, -0.25) is 0 Å². The van der Waals surface area contributed by atoms with Crippen LogP contribution in [0.15, 0.2) is 18.2 Å². The second-order valence-electron chi connectivity index (χ2n) is 6.04. The van der Waals surface area contributed by atoms with Crippen LogP contribution in [0.2, 0.25) is 0 Å². The van der Waals surface area contributed by atoms with Gasteiger partial charge in [-0.15, -0.1) is 0 Å². The molecule has 0 amide bonds. The van der Waals surface area contributed by atoms with Gasteiger partial charge in [-0.1, -0.05) is 13.8 Å². The fourth-order valence-electron chi connectivity index (χ4n) is 2.85. The zero-order chi connectivity index (χ0) is 12.8. The molecule has 0 spiro atoms. The van der Waals surface area contributed by atoms with Crippen LogP contribution < -0.4 is 4.74 Å². The fourth-order valence-corrected chi connectivity index (χ4v) is 2.85. The summed E-state index contributed by atoms with van der Waals surface area (Å²) in [5.74, 6) is 0.633. The second-order valence-corrected chi connectivity index (χ2v) is 6.04. The quantitative estimate of drug-likeness (QED) is 0.751. The molecule has 1 aliphatic heterocycles. The molecule has 1 heterocycles. The van der Waals surface area contributed by atoms with Gasteiger partial charge < -0.3 is 9.47 Å². The molecule has 3 rings (SSSR count). The highest BCUT2D eigenvalue weighted by Gasteiger charge is 2.32. The highest BCUT2D eigenvalue weighted by Crippen LogP contribution is 2.39. The number of fused-ring (bicyclic) bond motifs is 1. The molecule has 1 atom stereocenters. The van der Waals surface area contributed by atoms with Crippen LogP contribution in [0.5, 0.6) is 5.75 Å². The summed E-state index contributed by atoms with van der Waals surface area (Å²) in [6.45, 7) is 4.94. The van der Waals surface area contributed by atoms with Crippen molar-refractivity contribution in [2.24, 2.45) is 5.41 Å². The number of benzene rings is 1. The molecule has 1 aliphatic carbocycles. The Kier molecular flexibility index (Phi) is 2.58. The lowest BCUT2D eigenvalue weighted by atomic mass is 9.92. The molecular formula is C15H18O3. The lowest BCUT2D eigenvalue weighted by Gasteiger charge is -2.18. The SMILES string of the molecule is CC1(C)CCC(Oc2ccc3c(c2)COC3=O)C1. The number of cyclic esters (lactones) is 1. The molecule has 3 heteroatoms. The minimum Gasteiger partial charge on any atom is -0.490 e. The molecule has 0 N–H and O–H groups in total. The summed E-state index contributed by atoms with van der Waals surface area (Å²) in [4.78, 5) is 11.3. The van der Waals surface area contributed by atoms with Crippen molar-refractivity contribution in [3.05, 3.63) is 29.3 Å². The molecule has 0 aromatic heterocycles.